The van der Waals surface area contributed by atoms with Crippen molar-refractivity contribution in [3.63, 3.8) is 0 Å². The maximum absolute atomic E-state index is 6.14. The average Bonchev–Trinajstić information content (AvgIpc) is 3.46. The van der Waals surface area contributed by atoms with E-state index in [0.29, 0.717) is 6.61 Å². The zero-order chi connectivity index (χ0) is 27.9. The molecule has 0 fully saturated rings. The number of hydrogen-bond donors (Lipinski definition) is 0. The van der Waals surface area contributed by atoms with Crippen LogP contribution >= 0.6 is 0 Å². The van der Waals surface area contributed by atoms with Crippen LogP contribution < -0.4 is 4.74 Å². The lowest BCUT2D eigenvalue weighted by atomic mass is 9.65. The average molecular weight is 541 g/mol. The summed E-state index contributed by atoms with van der Waals surface area (Å²) < 4.78 is 8.38. The van der Waals surface area contributed by atoms with Crippen LogP contribution in [-0.4, -0.2) is 9.55 Å². The molecule has 200 valence electrons. The van der Waals surface area contributed by atoms with E-state index in [0.717, 1.165) is 39.4 Å². The van der Waals surface area contributed by atoms with E-state index in [4.69, 9.17) is 9.72 Å². The molecular formula is C39H28N2O. The topological polar surface area (TPSA) is 27.1 Å². The Labute approximate surface area is 245 Å². The number of nitrogens with zero attached hydrogens (tertiary/aromatic N) is 2. The van der Waals surface area contributed by atoms with Crippen molar-refractivity contribution in [2.45, 2.75) is 12.0 Å². The number of ether oxygens (including phenoxy) is 1. The van der Waals surface area contributed by atoms with Crippen LogP contribution in [0, 0.1) is 0 Å². The van der Waals surface area contributed by atoms with E-state index in [1.54, 1.807) is 0 Å². The first-order valence-corrected chi connectivity index (χ1v) is 14.3. The van der Waals surface area contributed by atoms with Crippen molar-refractivity contribution in [3.05, 3.63) is 186 Å². The van der Waals surface area contributed by atoms with Crippen LogP contribution in [0.3, 0.4) is 0 Å². The Balaban J connectivity index is 1.35. The van der Waals surface area contributed by atoms with Gasteiger partial charge in [-0.2, -0.15) is 0 Å². The van der Waals surface area contributed by atoms with Crippen LogP contribution in [0.1, 0.15) is 28.1 Å². The molecule has 0 spiro atoms. The number of imidazole rings is 1. The molecule has 0 amide bonds. The van der Waals surface area contributed by atoms with Gasteiger partial charge in [-0.05, 0) is 63.7 Å². The van der Waals surface area contributed by atoms with Crippen molar-refractivity contribution in [2.24, 2.45) is 0 Å². The van der Waals surface area contributed by atoms with Gasteiger partial charge < -0.3 is 4.74 Å². The Hall–Kier alpha value is -5.41. The zero-order valence-electron chi connectivity index (χ0n) is 23.0. The summed E-state index contributed by atoms with van der Waals surface area (Å²) in [7, 11) is 0. The maximum atomic E-state index is 6.14. The highest BCUT2D eigenvalue weighted by molar-refractivity contribution is 5.81. The normalized spacial score (nSPS) is 12.4. The summed E-state index contributed by atoms with van der Waals surface area (Å²) in [5, 5.41) is 0. The summed E-state index contributed by atoms with van der Waals surface area (Å²) >= 11 is 0. The summed E-state index contributed by atoms with van der Waals surface area (Å²) in [4.78, 5) is 4.84. The smallest absolute Gasteiger partial charge is 0.152 e. The Kier molecular flexibility index (Phi) is 5.75. The van der Waals surface area contributed by atoms with Gasteiger partial charge in [0.05, 0.1) is 22.1 Å². The van der Waals surface area contributed by atoms with E-state index in [1.165, 1.54) is 22.3 Å². The van der Waals surface area contributed by atoms with Gasteiger partial charge in [0.1, 0.15) is 12.4 Å². The molecule has 1 aliphatic heterocycles. The number of hydrogen-bond acceptors (Lipinski definition) is 2. The largest absolute Gasteiger partial charge is 0.483 e. The second-order valence-corrected chi connectivity index (χ2v) is 10.8. The first-order chi connectivity index (χ1) is 20.8. The standard InChI is InChI=1S/C39H28N2O/c1-4-14-30(15-5-1)39(31-16-6-2-7-17-31,32-18-8-3-9-19-32)33-20-12-13-28(25-33)29-23-24-37-36(26-29)41-35-22-11-10-21-34(35)40-38(41)27-42-37/h1-26H,27H2. The third kappa shape index (κ3) is 3.78. The van der Waals surface area contributed by atoms with Crippen molar-refractivity contribution in [2.75, 3.05) is 0 Å². The van der Waals surface area contributed by atoms with E-state index in [9.17, 15) is 0 Å². The van der Waals surface area contributed by atoms with E-state index in [1.807, 2.05) is 6.07 Å². The molecule has 7 aromatic rings. The maximum Gasteiger partial charge on any atom is 0.152 e. The molecule has 2 heterocycles. The summed E-state index contributed by atoms with van der Waals surface area (Å²) in [5.74, 6) is 1.80. The van der Waals surface area contributed by atoms with Gasteiger partial charge in [0, 0.05) is 0 Å². The number of para-hydroxylation sites is 2. The van der Waals surface area contributed by atoms with Crippen LogP contribution in [0.2, 0.25) is 0 Å². The third-order valence-corrected chi connectivity index (χ3v) is 8.44. The molecule has 1 aromatic heterocycles. The Morgan fingerprint density at radius 3 is 1.76 bits per heavy atom. The van der Waals surface area contributed by atoms with Crippen molar-refractivity contribution in [3.8, 4) is 22.6 Å². The van der Waals surface area contributed by atoms with Crippen LogP contribution in [0.4, 0.5) is 0 Å². The highest BCUT2D eigenvalue weighted by Gasteiger charge is 2.38. The van der Waals surface area contributed by atoms with Crippen molar-refractivity contribution >= 4 is 11.0 Å². The predicted molar refractivity (Wildman–Crippen MR) is 169 cm³/mol. The van der Waals surface area contributed by atoms with E-state index < -0.39 is 5.41 Å². The second-order valence-electron chi connectivity index (χ2n) is 10.8. The SMILES string of the molecule is c1ccc(C(c2ccccc2)(c2ccccc2)c2cccc(-c3ccc4c(c3)-n3c(nc5ccccc53)CO4)c2)cc1. The van der Waals surface area contributed by atoms with Crippen LogP contribution in [0.25, 0.3) is 27.8 Å². The molecule has 0 atom stereocenters. The molecule has 3 heteroatoms. The Morgan fingerprint density at radius 1 is 0.524 bits per heavy atom. The minimum absolute atomic E-state index is 0.463. The molecule has 0 bridgehead atoms. The molecule has 42 heavy (non-hydrogen) atoms. The minimum atomic E-state index is -0.495. The van der Waals surface area contributed by atoms with Gasteiger partial charge in [-0.25, -0.2) is 4.98 Å². The third-order valence-electron chi connectivity index (χ3n) is 8.44. The van der Waals surface area contributed by atoms with Gasteiger partial charge >= 0.3 is 0 Å². The molecular weight excluding hydrogens is 512 g/mol. The Bertz CT molecular complexity index is 1930. The fourth-order valence-corrected chi connectivity index (χ4v) is 6.57. The number of rotatable bonds is 5. The second kappa shape index (κ2) is 9.90. The summed E-state index contributed by atoms with van der Waals surface area (Å²) in [6, 6.07) is 56.3. The first kappa shape index (κ1) is 24.4. The first-order valence-electron chi connectivity index (χ1n) is 14.3. The molecule has 1 aliphatic rings. The fourth-order valence-electron chi connectivity index (χ4n) is 6.57. The molecule has 6 aromatic carbocycles. The quantitative estimate of drug-likeness (QED) is 0.204. The molecule has 0 radical (unpaired) electrons. The van der Waals surface area contributed by atoms with Crippen LogP contribution in [0.15, 0.2) is 158 Å². The van der Waals surface area contributed by atoms with Gasteiger partial charge in [0.15, 0.2) is 5.82 Å². The monoisotopic (exact) mass is 540 g/mol. The lowest BCUT2D eigenvalue weighted by molar-refractivity contribution is 0.281. The summed E-state index contributed by atoms with van der Waals surface area (Å²) in [5.41, 5.74) is 9.79. The molecule has 0 saturated heterocycles. The number of benzene rings is 6. The molecule has 0 aliphatic carbocycles. The summed E-state index contributed by atoms with van der Waals surface area (Å²) in [6.07, 6.45) is 0. The Morgan fingerprint density at radius 2 is 1.10 bits per heavy atom. The number of aromatic nitrogens is 2. The van der Waals surface area contributed by atoms with Gasteiger partial charge in [-0.15, -0.1) is 0 Å². The minimum Gasteiger partial charge on any atom is -0.483 e. The molecule has 0 unspecified atom stereocenters. The zero-order valence-corrected chi connectivity index (χ0v) is 23.0. The van der Waals surface area contributed by atoms with Gasteiger partial charge in [0.2, 0.25) is 0 Å². The summed E-state index contributed by atoms with van der Waals surface area (Å²) in [6.45, 7) is 0.463. The number of fused-ring (bicyclic) bond motifs is 5. The molecule has 0 N–H and O–H groups in total. The highest BCUT2D eigenvalue weighted by atomic mass is 16.5. The lowest BCUT2D eigenvalue weighted by Gasteiger charge is -2.37. The predicted octanol–water partition coefficient (Wildman–Crippen LogP) is 8.97. The van der Waals surface area contributed by atoms with E-state index in [-0.39, 0.29) is 0 Å². The van der Waals surface area contributed by atoms with Crippen LogP contribution in [-0.2, 0) is 12.0 Å². The molecule has 8 rings (SSSR count). The highest BCUT2D eigenvalue weighted by Crippen LogP contribution is 2.46. The molecule has 3 nitrogen and oxygen atoms in total. The van der Waals surface area contributed by atoms with Gasteiger partial charge in [-0.1, -0.05) is 127 Å². The van der Waals surface area contributed by atoms with Crippen molar-refractivity contribution in [1.29, 1.82) is 0 Å². The van der Waals surface area contributed by atoms with Crippen molar-refractivity contribution < 1.29 is 4.74 Å². The van der Waals surface area contributed by atoms with Crippen molar-refractivity contribution in [1.82, 2.24) is 9.55 Å². The van der Waals surface area contributed by atoms with E-state index in [2.05, 4.69) is 156 Å². The molecule has 0 saturated carbocycles. The van der Waals surface area contributed by atoms with Crippen LogP contribution in [0.5, 0.6) is 5.75 Å². The van der Waals surface area contributed by atoms with Gasteiger partial charge in [0.25, 0.3) is 0 Å². The van der Waals surface area contributed by atoms with E-state index >= 15 is 0 Å². The lowest BCUT2D eigenvalue weighted by Crippen LogP contribution is -2.31. The fraction of sp³-hybridized carbons (Fsp3) is 0.0513. The van der Waals surface area contributed by atoms with Gasteiger partial charge in [-0.3, -0.25) is 4.57 Å².